The highest BCUT2D eigenvalue weighted by Crippen LogP contribution is 2.36. The molecule has 1 saturated heterocycles. The fraction of sp³-hybridized carbons (Fsp3) is 0.355. The third-order valence-corrected chi connectivity index (χ3v) is 7.24. The normalized spacial score (nSPS) is 20.3. The van der Waals surface area contributed by atoms with Crippen molar-refractivity contribution in [3.8, 4) is 16.9 Å². The molecule has 1 aliphatic heterocycles. The molecule has 2 heterocycles. The summed E-state index contributed by atoms with van der Waals surface area (Å²) in [7, 11) is 3.49. The first-order valence-corrected chi connectivity index (χ1v) is 13.7. The van der Waals surface area contributed by atoms with E-state index in [1.807, 2.05) is 72.8 Å². The lowest BCUT2D eigenvalue weighted by molar-refractivity contribution is -0.128. The standard InChI is InChI=1S/C31H36N4O6/c1-34(2)27(37)13-8-16-40-25-17-20(14-15-22(25)21-9-4-3-5-10-21)18-32-31-33-23-11-6-7-12-24(23)35(31)30-29(39)28(38)26(19-36)41-30/h3-7,9-12,14-15,17,26,28-30,36,38-39H,8,13,16,18-19H2,1-2H3,(H,32,33)/t26-,28-,29-,30-/m1/s1. The number of carbonyl (C=O) groups is 1. The number of aliphatic hydroxyl groups excluding tert-OH is 3. The topological polar surface area (TPSA) is 129 Å². The van der Waals surface area contributed by atoms with E-state index < -0.39 is 31.1 Å². The molecule has 0 unspecified atom stereocenters. The molecule has 1 aromatic heterocycles. The number of rotatable bonds is 11. The molecule has 216 valence electrons. The largest absolute Gasteiger partial charge is 0.493 e. The number of nitrogens with zero attached hydrogens (tertiary/aromatic N) is 3. The number of amides is 1. The first kappa shape index (κ1) is 28.6. The molecule has 10 nitrogen and oxygen atoms in total. The van der Waals surface area contributed by atoms with E-state index in [0.717, 1.165) is 22.2 Å². The SMILES string of the molecule is CN(C)C(=O)CCCOc1cc(CNc2nc3ccccc3n2[C@@H]2O[C@H](CO)[C@@H](O)[C@H]2O)ccc1-c1ccccc1. The summed E-state index contributed by atoms with van der Waals surface area (Å²) in [5, 5.41) is 34.1. The van der Waals surface area contributed by atoms with Crippen LogP contribution in [0.2, 0.25) is 0 Å². The molecule has 0 aliphatic carbocycles. The summed E-state index contributed by atoms with van der Waals surface area (Å²) in [6.45, 7) is 0.379. The second kappa shape index (κ2) is 12.7. The Bertz CT molecular complexity index is 1470. The highest BCUT2D eigenvalue weighted by molar-refractivity contribution is 5.79. The molecule has 1 amide bonds. The number of aliphatic hydroxyl groups is 3. The second-order valence-electron chi connectivity index (χ2n) is 10.3. The number of aromatic nitrogens is 2. The van der Waals surface area contributed by atoms with Crippen molar-refractivity contribution in [2.45, 2.75) is 43.9 Å². The van der Waals surface area contributed by atoms with Crippen LogP contribution in [0.1, 0.15) is 24.6 Å². The molecule has 4 aromatic rings. The third-order valence-electron chi connectivity index (χ3n) is 7.24. The molecule has 0 spiro atoms. The Morgan fingerprint density at radius 3 is 2.54 bits per heavy atom. The Morgan fingerprint density at radius 2 is 1.80 bits per heavy atom. The van der Waals surface area contributed by atoms with Gasteiger partial charge >= 0.3 is 0 Å². The lowest BCUT2D eigenvalue weighted by Gasteiger charge is -2.20. The van der Waals surface area contributed by atoms with Gasteiger partial charge in [0, 0.05) is 32.6 Å². The third kappa shape index (κ3) is 6.20. The predicted molar refractivity (Wildman–Crippen MR) is 155 cm³/mol. The van der Waals surface area contributed by atoms with Crippen molar-refractivity contribution in [3.05, 3.63) is 78.4 Å². The van der Waals surface area contributed by atoms with Crippen LogP contribution in [0.3, 0.4) is 0 Å². The van der Waals surface area contributed by atoms with Crippen molar-refractivity contribution >= 4 is 22.9 Å². The average Bonchev–Trinajstić information content (AvgIpc) is 3.50. The van der Waals surface area contributed by atoms with Gasteiger partial charge in [0.15, 0.2) is 6.23 Å². The molecule has 41 heavy (non-hydrogen) atoms. The zero-order chi connectivity index (χ0) is 28.9. The van der Waals surface area contributed by atoms with Crippen molar-refractivity contribution in [2.24, 2.45) is 0 Å². The van der Waals surface area contributed by atoms with Crippen LogP contribution in [0.15, 0.2) is 72.8 Å². The van der Waals surface area contributed by atoms with Crippen LogP contribution in [0.25, 0.3) is 22.2 Å². The van der Waals surface area contributed by atoms with E-state index >= 15 is 0 Å². The van der Waals surface area contributed by atoms with Gasteiger partial charge in [-0.1, -0.05) is 54.6 Å². The van der Waals surface area contributed by atoms with Crippen molar-refractivity contribution in [2.75, 3.05) is 32.6 Å². The molecular formula is C31H36N4O6. The summed E-state index contributed by atoms with van der Waals surface area (Å²) in [6.07, 6.45) is -3.29. The quantitative estimate of drug-likeness (QED) is 0.206. The van der Waals surface area contributed by atoms with Crippen LogP contribution >= 0.6 is 0 Å². The van der Waals surface area contributed by atoms with E-state index in [2.05, 4.69) is 5.32 Å². The molecule has 0 bridgehead atoms. The summed E-state index contributed by atoms with van der Waals surface area (Å²) >= 11 is 0. The minimum absolute atomic E-state index is 0.0620. The molecule has 3 aromatic carbocycles. The molecule has 1 fully saturated rings. The van der Waals surface area contributed by atoms with E-state index in [1.165, 1.54) is 0 Å². The van der Waals surface area contributed by atoms with E-state index in [0.29, 0.717) is 43.2 Å². The van der Waals surface area contributed by atoms with Crippen LogP contribution in [0.5, 0.6) is 5.75 Å². The van der Waals surface area contributed by atoms with E-state index in [1.54, 1.807) is 23.6 Å². The van der Waals surface area contributed by atoms with Gasteiger partial charge in [-0.05, 0) is 35.7 Å². The number of hydrogen-bond acceptors (Lipinski definition) is 8. The van der Waals surface area contributed by atoms with Crippen molar-refractivity contribution in [1.82, 2.24) is 14.5 Å². The average molecular weight is 561 g/mol. The Labute approximate surface area is 238 Å². The minimum atomic E-state index is -1.24. The van der Waals surface area contributed by atoms with Crippen LogP contribution < -0.4 is 10.1 Å². The molecular weight excluding hydrogens is 524 g/mol. The van der Waals surface area contributed by atoms with Crippen LogP contribution in [-0.4, -0.2) is 81.3 Å². The van der Waals surface area contributed by atoms with Crippen molar-refractivity contribution < 1.29 is 29.6 Å². The number of para-hydroxylation sites is 2. The van der Waals surface area contributed by atoms with Gasteiger partial charge in [0.2, 0.25) is 11.9 Å². The van der Waals surface area contributed by atoms with Crippen LogP contribution in [-0.2, 0) is 16.1 Å². The smallest absolute Gasteiger partial charge is 0.222 e. The van der Waals surface area contributed by atoms with Gasteiger partial charge in [-0.15, -0.1) is 0 Å². The number of nitrogens with one attached hydrogen (secondary N) is 1. The highest BCUT2D eigenvalue weighted by atomic mass is 16.6. The summed E-state index contributed by atoms with van der Waals surface area (Å²) in [5.41, 5.74) is 4.33. The monoisotopic (exact) mass is 560 g/mol. The van der Waals surface area contributed by atoms with Gasteiger partial charge < -0.3 is 35.0 Å². The Morgan fingerprint density at radius 1 is 1.05 bits per heavy atom. The summed E-state index contributed by atoms with van der Waals surface area (Å²) in [6, 6.07) is 23.4. The predicted octanol–water partition coefficient (Wildman–Crippen LogP) is 3.17. The van der Waals surface area contributed by atoms with Gasteiger partial charge in [-0.2, -0.15) is 0 Å². The number of carbonyl (C=O) groups excluding carboxylic acids is 1. The van der Waals surface area contributed by atoms with E-state index in [4.69, 9.17) is 14.5 Å². The number of anilines is 1. The lowest BCUT2D eigenvalue weighted by Crippen LogP contribution is -2.33. The van der Waals surface area contributed by atoms with Gasteiger partial charge in [-0.25, -0.2) is 4.98 Å². The Balaban J connectivity index is 1.39. The lowest BCUT2D eigenvalue weighted by atomic mass is 10.0. The zero-order valence-corrected chi connectivity index (χ0v) is 23.2. The van der Waals surface area contributed by atoms with E-state index in [9.17, 15) is 20.1 Å². The van der Waals surface area contributed by atoms with Crippen molar-refractivity contribution in [3.63, 3.8) is 0 Å². The maximum atomic E-state index is 12.0. The number of imidazole rings is 1. The maximum Gasteiger partial charge on any atom is 0.222 e. The van der Waals surface area contributed by atoms with E-state index in [-0.39, 0.29) is 5.91 Å². The molecule has 4 atom stereocenters. The maximum absolute atomic E-state index is 12.0. The first-order chi connectivity index (χ1) is 19.9. The Hall–Kier alpha value is -3.96. The minimum Gasteiger partial charge on any atom is -0.493 e. The number of ether oxygens (including phenoxy) is 2. The van der Waals surface area contributed by atoms with Gasteiger partial charge in [0.05, 0.1) is 24.2 Å². The zero-order valence-electron chi connectivity index (χ0n) is 23.2. The number of benzene rings is 3. The summed E-state index contributed by atoms with van der Waals surface area (Å²) < 4.78 is 13.7. The number of hydrogen-bond donors (Lipinski definition) is 4. The first-order valence-electron chi connectivity index (χ1n) is 13.7. The fourth-order valence-corrected chi connectivity index (χ4v) is 4.98. The van der Waals surface area contributed by atoms with Gasteiger partial charge in [0.1, 0.15) is 24.1 Å². The van der Waals surface area contributed by atoms with Crippen LogP contribution in [0.4, 0.5) is 5.95 Å². The van der Waals surface area contributed by atoms with Gasteiger partial charge in [-0.3, -0.25) is 9.36 Å². The molecule has 10 heteroatoms. The molecule has 0 saturated carbocycles. The number of fused-ring (bicyclic) bond motifs is 1. The Kier molecular flexibility index (Phi) is 8.84. The molecule has 5 rings (SSSR count). The van der Waals surface area contributed by atoms with Gasteiger partial charge in [0.25, 0.3) is 0 Å². The molecule has 4 N–H and O–H groups in total. The van der Waals surface area contributed by atoms with Crippen LogP contribution in [0, 0.1) is 0 Å². The molecule has 1 aliphatic rings. The molecule has 0 radical (unpaired) electrons. The highest BCUT2D eigenvalue weighted by Gasteiger charge is 2.44. The summed E-state index contributed by atoms with van der Waals surface area (Å²) in [5.74, 6) is 1.23. The second-order valence-corrected chi connectivity index (χ2v) is 10.3. The fourth-order valence-electron chi connectivity index (χ4n) is 4.98. The van der Waals surface area contributed by atoms with Crippen molar-refractivity contribution in [1.29, 1.82) is 0 Å². The summed E-state index contributed by atoms with van der Waals surface area (Å²) in [4.78, 5) is 18.3.